The van der Waals surface area contributed by atoms with Crippen LogP contribution in [0.3, 0.4) is 0 Å². The molecular weight excluding hydrogens is 699 g/mol. The number of unbranched alkanes of at least 4 members (excludes halogenated alkanes) is 25. The van der Waals surface area contributed by atoms with E-state index in [1.807, 2.05) is 0 Å². The van der Waals surface area contributed by atoms with Crippen molar-refractivity contribution in [3.63, 3.8) is 0 Å². The predicted octanol–water partition coefficient (Wildman–Crippen LogP) is 13.7. The van der Waals surface area contributed by atoms with Gasteiger partial charge in [0.1, 0.15) is 6.61 Å². The molecular formula is C45H83O8P. The van der Waals surface area contributed by atoms with Crippen molar-refractivity contribution in [2.45, 2.75) is 225 Å². The van der Waals surface area contributed by atoms with Gasteiger partial charge in [0.25, 0.3) is 0 Å². The number of ether oxygens (including phenoxy) is 2. The zero-order valence-electron chi connectivity index (χ0n) is 34.9. The first-order valence-corrected chi connectivity index (χ1v) is 23.8. The first-order valence-electron chi connectivity index (χ1n) is 22.3. The fourth-order valence-electron chi connectivity index (χ4n) is 6.32. The molecule has 0 aliphatic carbocycles. The summed E-state index contributed by atoms with van der Waals surface area (Å²) < 4.78 is 26.4. The Labute approximate surface area is 332 Å². The molecule has 0 fully saturated rings. The molecule has 0 unspecified atom stereocenters. The first-order chi connectivity index (χ1) is 26.3. The normalized spacial score (nSPS) is 12.7. The standard InChI is InChI=1S/C45H83O8P/c1-3-5-7-9-11-13-15-17-19-20-21-22-23-24-26-27-29-31-33-35-37-39-44(46)51-41-43(42-52-54(48,49)50)53-45(47)40-38-36-34-32-30-28-25-18-16-14-12-10-8-6-4-2/h12,14,18,25,30,32,43H,3-11,13,15-17,19-24,26-29,31,33-42H2,1-2H3,(H2,48,49,50)/b14-12+,25-18+,32-30+/t43-/m1/s1. The predicted molar refractivity (Wildman–Crippen MR) is 225 cm³/mol. The molecule has 0 radical (unpaired) electrons. The highest BCUT2D eigenvalue weighted by Gasteiger charge is 2.22. The van der Waals surface area contributed by atoms with Crippen molar-refractivity contribution in [3.8, 4) is 0 Å². The van der Waals surface area contributed by atoms with E-state index in [2.05, 4.69) is 54.8 Å². The van der Waals surface area contributed by atoms with Gasteiger partial charge in [-0.1, -0.05) is 192 Å². The van der Waals surface area contributed by atoms with Gasteiger partial charge >= 0.3 is 19.8 Å². The Morgan fingerprint density at radius 2 is 0.833 bits per heavy atom. The molecule has 0 saturated heterocycles. The Kier molecular flexibility index (Phi) is 39.6. The zero-order chi connectivity index (χ0) is 39.6. The van der Waals surface area contributed by atoms with Crippen molar-refractivity contribution in [2.75, 3.05) is 13.2 Å². The van der Waals surface area contributed by atoms with Crippen LogP contribution in [0.1, 0.15) is 219 Å². The molecule has 0 aliphatic rings. The van der Waals surface area contributed by atoms with Crippen LogP contribution >= 0.6 is 7.82 Å². The number of hydrogen-bond donors (Lipinski definition) is 2. The maximum atomic E-state index is 12.4. The van der Waals surface area contributed by atoms with E-state index in [0.717, 1.165) is 51.4 Å². The molecule has 0 aromatic carbocycles. The summed E-state index contributed by atoms with van der Waals surface area (Å²) in [4.78, 5) is 42.9. The van der Waals surface area contributed by atoms with Crippen LogP contribution in [0, 0.1) is 0 Å². The van der Waals surface area contributed by atoms with Crippen LogP contribution in [0.4, 0.5) is 0 Å². The summed E-state index contributed by atoms with van der Waals surface area (Å²) in [7, 11) is -4.76. The summed E-state index contributed by atoms with van der Waals surface area (Å²) in [6.07, 6.45) is 48.8. The van der Waals surface area contributed by atoms with E-state index in [1.165, 1.54) is 135 Å². The van der Waals surface area contributed by atoms with Crippen LogP contribution in [0.15, 0.2) is 36.5 Å². The summed E-state index contributed by atoms with van der Waals surface area (Å²) in [6.45, 7) is 3.65. The number of carbonyl (C=O) groups is 2. The topological polar surface area (TPSA) is 119 Å². The Hall–Kier alpha value is -1.73. The van der Waals surface area contributed by atoms with Crippen LogP contribution in [0.25, 0.3) is 0 Å². The molecule has 0 spiro atoms. The summed E-state index contributed by atoms with van der Waals surface area (Å²) in [6, 6.07) is 0. The van der Waals surface area contributed by atoms with Gasteiger partial charge in [0, 0.05) is 12.8 Å². The number of esters is 2. The van der Waals surface area contributed by atoms with Gasteiger partial charge in [-0.15, -0.1) is 0 Å². The highest BCUT2D eigenvalue weighted by Crippen LogP contribution is 2.36. The minimum absolute atomic E-state index is 0.165. The summed E-state index contributed by atoms with van der Waals surface area (Å²) in [5.74, 6) is -0.921. The fourth-order valence-corrected chi connectivity index (χ4v) is 6.68. The monoisotopic (exact) mass is 783 g/mol. The summed E-state index contributed by atoms with van der Waals surface area (Å²) in [5.41, 5.74) is 0. The summed E-state index contributed by atoms with van der Waals surface area (Å²) in [5, 5.41) is 0. The van der Waals surface area contributed by atoms with Crippen molar-refractivity contribution in [3.05, 3.63) is 36.5 Å². The first kappa shape index (κ1) is 52.3. The van der Waals surface area contributed by atoms with E-state index in [4.69, 9.17) is 19.3 Å². The molecule has 0 aromatic heterocycles. The number of carbonyl (C=O) groups excluding carboxylic acids is 2. The number of allylic oxidation sites excluding steroid dienone is 6. The third kappa shape index (κ3) is 43.0. The van der Waals surface area contributed by atoms with Gasteiger partial charge in [-0.25, -0.2) is 4.57 Å². The highest BCUT2D eigenvalue weighted by molar-refractivity contribution is 7.46. The van der Waals surface area contributed by atoms with E-state index in [1.54, 1.807) is 0 Å². The molecule has 0 amide bonds. The molecule has 0 rings (SSSR count). The lowest BCUT2D eigenvalue weighted by Crippen LogP contribution is -2.29. The molecule has 0 aliphatic heterocycles. The van der Waals surface area contributed by atoms with Crippen molar-refractivity contribution >= 4 is 19.8 Å². The summed E-state index contributed by atoms with van der Waals surface area (Å²) >= 11 is 0. The lowest BCUT2D eigenvalue weighted by molar-refractivity contribution is -0.161. The molecule has 0 aromatic rings. The quantitative estimate of drug-likeness (QED) is 0.0272. The smallest absolute Gasteiger partial charge is 0.462 e. The van der Waals surface area contributed by atoms with Crippen LogP contribution in [-0.4, -0.2) is 41.0 Å². The van der Waals surface area contributed by atoms with Gasteiger partial charge in [0.05, 0.1) is 6.61 Å². The number of rotatable bonds is 41. The lowest BCUT2D eigenvalue weighted by Gasteiger charge is -2.18. The van der Waals surface area contributed by atoms with E-state index in [0.29, 0.717) is 6.42 Å². The van der Waals surface area contributed by atoms with Gasteiger partial charge in [-0.2, -0.15) is 0 Å². The molecule has 8 nitrogen and oxygen atoms in total. The minimum atomic E-state index is -4.76. The maximum Gasteiger partial charge on any atom is 0.469 e. The molecule has 316 valence electrons. The van der Waals surface area contributed by atoms with Gasteiger partial charge in [-0.05, 0) is 51.4 Å². The van der Waals surface area contributed by atoms with Crippen molar-refractivity contribution in [1.82, 2.24) is 0 Å². The van der Waals surface area contributed by atoms with E-state index < -0.39 is 32.5 Å². The molecule has 0 bridgehead atoms. The van der Waals surface area contributed by atoms with Crippen LogP contribution in [0.5, 0.6) is 0 Å². The molecule has 0 saturated carbocycles. The van der Waals surface area contributed by atoms with Crippen molar-refractivity contribution in [1.29, 1.82) is 0 Å². The zero-order valence-corrected chi connectivity index (χ0v) is 35.8. The molecule has 0 heterocycles. The average Bonchev–Trinajstić information content (AvgIpc) is 3.14. The average molecular weight is 783 g/mol. The van der Waals surface area contributed by atoms with Crippen molar-refractivity contribution < 1.29 is 37.9 Å². The van der Waals surface area contributed by atoms with Crippen molar-refractivity contribution in [2.24, 2.45) is 0 Å². The van der Waals surface area contributed by atoms with Gasteiger partial charge in [-0.3, -0.25) is 14.1 Å². The SMILES string of the molecule is CCCCC/C=C/C/C=C/C/C=C/CCCCC(=O)O[C@H](COC(=O)CCCCCCCCCCCCCCCCCCCCCCC)COP(=O)(O)O. The highest BCUT2D eigenvalue weighted by atomic mass is 31.2. The number of phosphoric ester groups is 1. The second kappa shape index (κ2) is 40.9. The third-order valence-corrected chi connectivity index (χ3v) is 10.1. The second-order valence-electron chi connectivity index (χ2n) is 15.0. The van der Waals surface area contributed by atoms with Crippen LogP contribution < -0.4 is 0 Å². The Balaban J connectivity index is 3.88. The van der Waals surface area contributed by atoms with Gasteiger partial charge in [0.2, 0.25) is 0 Å². The number of hydrogen-bond acceptors (Lipinski definition) is 6. The number of phosphoric acid groups is 1. The minimum Gasteiger partial charge on any atom is -0.462 e. The Morgan fingerprint density at radius 1 is 0.481 bits per heavy atom. The molecule has 9 heteroatoms. The van der Waals surface area contributed by atoms with Crippen LogP contribution in [0.2, 0.25) is 0 Å². The van der Waals surface area contributed by atoms with E-state index in [9.17, 15) is 14.2 Å². The molecule has 54 heavy (non-hydrogen) atoms. The molecule has 1 atom stereocenters. The van der Waals surface area contributed by atoms with E-state index >= 15 is 0 Å². The second-order valence-corrected chi connectivity index (χ2v) is 16.3. The van der Waals surface area contributed by atoms with Gasteiger partial charge in [0.15, 0.2) is 6.10 Å². The largest absolute Gasteiger partial charge is 0.469 e. The lowest BCUT2D eigenvalue weighted by atomic mass is 10.0. The third-order valence-electron chi connectivity index (χ3n) is 9.66. The Morgan fingerprint density at radius 3 is 1.28 bits per heavy atom. The van der Waals surface area contributed by atoms with E-state index in [-0.39, 0.29) is 19.4 Å². The Bertz CT molecular complexity index is 973. The van der Waals surface area contributed by atoms with Crippen LogP contribution in [-0.2, 0) is 28.2 Å². The maximum absolute atomic E-state index is 12.4. The molecule has 2 N–H and O–H groups in total. The fraction of sp³-hybridized carbons (Fsp3) is 0.822. The van der Waals surface area contributed by atoms with Gasteiger partial charge < -0.3 is 19.3 Å².